The number of hydrogen-bond donors (Lipinski definition) is 3. The number of para-hydroxylation sites is 1. The van der Waals surface area contributed by atoms with Crippen molar-refractivity contribution in [3.63, 3.8) is 0 Å². The molecule has 0 radical (unpaired) electrons. The molecule has 0 heterocycles. The Hall–Kier alpha value is -1.50. The van der Waals surface area contributed by atoms with Crippen LogP contribution in [0.15, 0.2) is 24.3 Å². The molecule has 0 aliphatic heterocycles. The molecule has 1 aromatic carbocycles. The van der Waals surface area contributed by atoms with E-state index in [9.17, 15) is 10.1 Å². The van der Waals surface area contributed by atoms with Crippen molar-refractivity contribution < 1.29 is 15.1 Å². The molecule has 0 unspecified atom stereocenters. The number of aliphatic hydroxyl groups is 2. The highest BCUT2D eigenvalue weighted by atomic mass is 16.6. The van der Waals surface area contributed by atoms with Crippen LogP contribution in [0.4, 0.5) is 5.69 Å². The van der Waals surface area contributed by atoms with Gasteiger partial charge in [-0.05, 0) is 0 Å². The number of hydrogen-bond acceptors (Lipinski definition) is 5. The van der Waals surface area contributed by atoms with Crippen molar-refractivity contribution in [3.8, 4) is 0 Å². The third-order valence-corrected chi connectivity index (χ3v) is 2.21. The van der Waals surface area contributed by atoms with Crippen molar-refractivity contribution >= 4 is 5.69 Å². The summed E-state index contributed by atoms with van der Waals surface area (Å²) in [4.78, 5) is 10.2. The Balaban J connectivity index is 2.69. The second kappa shape index (κ2) is 6.16. The van der Waals surface area contributed by atoms with Gasteiger partial charge in [0.05, 0.1) is 24.2 Å². The summed E-state index contributed by atoms with van der Waals surface area (Å²) in [5, 5.41) is 31.2. The van der Waals surface area contributed by atoms with Crippen LogP contribution < -0.4 is 5.32 Å². The quantitative estimate of drug-likeness (QED) is 0.470. The largest absolute Gasteiger partial charge is 0.395 e. The molecule has 0 aliphatic rings. The highest BCUT2D eigenvalue weighted by molar-refractivity contribution is 5.39. The average Bonchev–Trinajstić information content (AvgIpc) is 2.30. The topological polar surface area (TPSA) is 95.6 Å². The molecule has 3 N–H and O–H groups in total. The molecule has 1 aromatic rings. The van der Waals surface area contributed by atoms with Gasteiger partial charge in [-0.3, -0.25) is 10.1 Å². The van der Waals surface area contributed by atoms with Gasteiger partial charge in [0, 0.05) is 18.2 Å². The number of nitro groups is 1. The zero-order chi connectivity index (χ0) is 12.0. The smallest absolute Gasteiger partial charge is 0.273 e. The van der Waals surface area contributed by atoms with Gasteiger partial charge < -0.3 is 15.5 Å². The molecule has 0 aliphatic carbocycles. The number of nitrogens with one attached hydrogen (secondary N) is 1. The molecule has 0 fully saturated rings. The van der Waals surface area contributed by atoms with E-state index in [0.29, 0.717) is 5.56 Å². The first-order valence-corrected chi connectivity index (χ1v) is 4.86. The Morgan fingerprint density at radius 2 is 1.94 bits per heavy atom. The van der Waals surface area contributed by atoms with Crippen LogP contribution in [0.5, 0.6) is 0 Å². The van der Waals surface area contributed by atoms with Crippen LogP contribution in [0, 0.1) is 10.1 Å². The molecule has 88 valence electrons. The summed E-state index contributed by atoms with van der Waals surface area (Å²) in [6.07, 6.45) is 0. The summed E-state index contributed by atoms with van der Waals surface area (Å²) in [5.41, 5.74) is 0.559. The van der Waals surface area contributed by atoms with E-state index < -0.39 is 11.0 Å². The van der Waals surface area contributed by atoms with E-state index in [1.165, 1.54) is 6.07 Å². The van der Waals surface area contributed by atoms with Gasteiger partial charge in [0.25, 0.3) is 5.69 Å². The molecule has 16 heavy (non-hydrogen) atoms. The number of aliphatic hydroxyl groups excluding tert-OH is 2. The minimum Gasteiger partial charge on any atom is -0.395 e. The zero-order valence-corrected chi connectivity index (χ0v) is 8.67. The predicted molar refractivity (Wildman–Crippen MR) is 57.9 cm³/mol. The lowest BCUT2D eigenvalue weighted by Crippen LogP contribution is -2.35. The first-order chi connectivity index (χ1) is 7.69. The molecule has 0 bridgehead atoms. The monoisotopic (exact) mass is 226 g/mol. The van der Waals surface area contributed by atoms with Crippen LogP contribution in [0.1, 0.15) is 5.56 Å². The summed E-state index contributed by atoms with van der Waals surface area (Å²) in [6.45, 7) is -0.183. The van der Waals surface area contributed by atoms with Crippen LogP contribution in [0.3, 0.4) is 0 Å². The van der Waals surface area contributed by atoms with Gasteiger partial charge in [-0.2, -0.15) is 0 Å². The minimum atomic E-state index is -0.459. The Labute approximate surface area is 92.7 Å². The van der Waals surface area contributed by atoms with E-state index in [2.05, 4.69) is 5.32 Å². The van der Waals surface area contributed by atoms with Crippen LogP contribution in [-0.2, 0) is 6.54 Å². The summed E-state index contributed by atoms with van der Waals surface area (Å²) in [7, 11) is 0. The number of nitrogens with zero attached hydrogens (tertiary/aromatic N) is 1. The van der Waals surface area contributed by atoms with Gasteiger partial charge in [-0.1, -0.05) is 18.2 Å². The summed E-state index contributed by atoms with van der Waals surface area (Å²) in [6, 6.07) is 5.90. The van der Waals surface area contributed by atoms with E-state index in [0.717, 1.165) is 0 Å². The standard InChI is InChI=1S/C10H14N2O4/c13-6-9(7-14)11-5-8-3-1-2-4-10(8)12(15)16/h1-4,9,11,13-14H,5-7H2. The van der Waals surface area contributed by atoms with Crippen molar-refractivity contribution in [2.24, 2.45) is 0 Å². The SMILES string of the molecule is O=[N+]([O-])c1ccccc1CNC(CO)CO. The lowest BCUT2D eigenvalue weighted by molar-refractivity contribution is -0.385. The minimum absolute atomic E-state index is 0.0321. The van der Waals surface area contributed by atoms with Crippen molar-refractivity contribution in [3.05, 3.63) is 39.9 Å². The van der Waals surface area contributed by atoms with Crippen molar-refractivity contribution in [1.29, 1.82) is 0 Å². The molecule has 0 spiro atoms. The third-order valence-electron chi connectivity index (χ3n) is 2.21. The van der Waals surface area contributed by atoms with Crippen LogP contribution in [0.2, 0.25) is 0 Å². The van der Waals surface area contributed by atoms with E-state index >= 15 is 0 Å². The van der Waals surface area contributed by atoms with Crippen molar-refractivity contribution in [1.82, 2.24) is 5.32 Å². The van der Waals surface area contributed by atoms with Crippen LogP contribution >= 0.6 is 0 Å². The Kier molecular flexibility index (Phi) is 4.84. The average molecular weight is 226 g/mol. The number of benzene rings is 1. The maximum absolute atomic E-state index is 10.7. The fourth-order valence-corrected chi connectivity index (χ4v) is 1.28. The Bertz CT molecular complexity index is 352. The molecule has 0 aromatic heterocycles. The van der Waals surface area contributed by atoms with Gasteiger partial charge in [0.2, 0.25) is 0 Å². The molecule has 0 amide bonds. The molecular weight excluding hydrogens is 212 g/mol. The Morgan fingerprint density at radius 3 is 2.50 bits per heavy atom. The summed E-state index contributed by atoms with van der Waals surface area (Å²) >= 11 is 0. The molecule has 1 rings (SSSR count). The third kappa shape index (κ3) is 3.27. The van der Waals surface area contributed by atoms with Crippen LogP contribution in [0.25, 0.3) is 0 Å². The maximum atomic E-state index is 10.7. The highest BCUT2D eigenvalue weighted by Gasteiger charge is 2.13. The summed E-state index contributed by atoms with van der Waals surface area (Å²) < 4.78 is 0. The van der Waals surface area contributed by atoms with E-state index in [1.807, 2.05) is 0 Å². The summed E-state index contributed by atoms with van der Waals surface area (Å²) in [5.74, 6) is 0. The first kappa shape index (κ1) is 12.6. The van der Waals surface area contributed by atoms with E-state index in [-0.39, 0.29) is 25.4 Å². The van der Waals surface area contributed by atoms with Gasteiger partial charge in [-0.15, -0.1) is 0 Å². The van der Waals surface area contributed by atoms with Gasteiger partial charge in [0.1, 0.15) is 0 Å². The Morgan fingerprint density at radius 1 is 1.31 bits per heavy atom. The van der Waals surface area contributed by atoms with Gasteiger partial charge >= 0.3 is 0 Å². The van der Waals surface area contributed by atoms with Crippen LogP contribution in [-0.4, -0.2) is 34.4 Å². The van der Waals surface area contributed by atoms with Gasteiger partial charge in [0.15, 0.2) is 0 Å². The molecule has 0 atom stereocenters. The second-order valence-electron chi connectivity index (χ2n) is 3.33. The molecule has 6 nitrogen and oxygen atoms in total. The van der Waals surface area contributed by atoms with E-state index in [4.69, 9.17) is 10.2 Å². The fourth-order valence-electron chi connectivity index (χ4n) is 1.28. The van der Waals surface area contributed by atoms with E-state index in [1.54, 1.807) is 18.2 Å². The van der Waals surface area contributed by atoms with Crippen molar-refractivity contribution in [2.75, 3.05) is 13.2 Å². The second-order valence-corrected chi connectivity index (χ2v) is 3.33. The number of nitro benzene ring substituents is 1. The number of rotatable bonds is 6. The maximum Gasteiger partial charge on any atom is 0.273 e. The van der Waals surface area contributed by atoms with Crippen molar-refractivity contribution in [2.45, 2.75) is 12.6 Å². The molecule has 0 saturated carbocycles. The fraction of sp³-hybridized carbons (Fsp3) is 0.400. The predicted octanol–water partition coefficient (Wildman–Crippen LogP) is 0.0376. The van der Waals surface area contributed by atoms with Gasteiger partial charge in [-0.25, -0.2) is 0 Å². The lowest BCUT2D eigenvalue weighted by atomic mass is 10.1. The highest BCUT2D eigenvalue weighted by Crippen LogP contribution is 2.17. The molecular formula is C10H14N2O4. The zero-order valence-electron chi connectivity index (χ0n) is 8.67. The first-order valence-electron chi connectivity index (χ1n) is 4.86. The molecule has 0 saturated heterocycles. The normalized spacial score (nSPS) is 10.7. The lowest BCUT2D eigenvalue weighted by Gasteiger charge is -2.12. The molecule has 6 heteroatoms.